The number of hydrogen-bond donors (Lipinski definition) is 1. The number of aromatic nitrogens is 4. The van der Waals surface area contributed by atoms with E-state index in [-0.39, 0.29) is 5.56 Å². The summed E-state index contributed by atoms with van der Waals surface area (Å²) in [6.45, 7) is 0.504. The van der Waals surface area contributed by atoms with E-state index in [1.807, 2.05) is 30.7 Å². The maximum Gasteiger partial charge on any atom is 0.270 e. The van der Waals surface area contributed by atoms with Gasteiger partial charge in [-0.1, -0.05) is 11.8 Å². The van der Waals surface area contributed by atoms with Gasteiger partial charge in [0.2, 0.25) is 0 Å². The molecule has 25 heavy (non-hydrogen) atoms. The Labute approximate surface area is 148 Å². The average molecular weight is 353 g/mol. The summed E-state index contributed by atoms with van der Waals surface area (Å²) in [6.07, 6.45) is 5.36. The van der Waals surface area contributed by atoms with E-state index >= 15 is 0 Å². The van der Waals surface area contributed by atoms with Crippen molar-refractivity contribution in [3.8, 4) is 23.1 Å². The highest BCUT2D eigenvalue weighted by atomic mass is 32.2. The van der Waals surface area contributed by atoms with E-state index in [2.05, 4.69) is 15.1 Å². The molecule has 0 aliphatic heterocycles. The molecule has 1 aromatic carbocycles. The van der Waals surface area contributed by atoms with Gasteiger partial charge in [-0.25, -0.2) is 4.98 Å². The van der Waals surface area contributed by atoms with Gasteiger partial charge in [-0.2, -0.15) is 10.4 Å². The van der Waals surface area contributed by atoms with Gasteiger partial charge in [0.05, 0.1) is 19.3 Å². The van der Waals surface area contributed by atoms with Crippen LogP contribution in [0.25, 0.3) is 11.3 Å². The van der Waals surface area contributed by atoms with Gasteiger partial charge in [0.1, 0.15) is 17.4 Å². The number of H-pyrrole nitrogens is 1. The molecular formula is C17H15N5O2S. The van der Waals surface area contributed by atoms with Crippen LogP contribution in [0.5, 0.6) is 5.75 Å². The summed E-state index contributed by atoms with van der Waals surface area (Å²) in [6, 6.07) is 9.24. The highest BCUT2D eigenvalue weighted by Gasteiger charge is 2.15. The minimum absolute atomic E-state index is 0.00648. The topological polar surface area (TPSA) is 96.6 Å². The van der Waals surface area contributed by atoms with E-state index in [0.717, 1.165) is 5.56 Å². The summed E-state index contributed by atoms with van der Waals surface area (Å²) in [7, 11) is 1.60. The number of nitriles is 1. The number of ether oxygens (including phenoxy) is 1. The summed E-state index contributed by atoms with van der Waals surface area (Å²) in [5.41, 5.74) is 1.47. The Morgan fingerprint density at radius 2 is 2.28 bits per heavy atom. The largest absolute Gasteiger partial charge is 0.496 e. The normalized spacial score (nSPS) is 10.4. The van der Waals surface area contributed by atoms with Crippen LogP contribution in [0, 0.1) is 11.3 Å². The first-order valence-electron chi connectivity index (χ1n) is 7.39. The Bertz CT molecular complexity index is 989. The van der Waals surface area contributed by atoms with Crippen molar-refractivity contribution < 1.29 is 4.74 Å². The first kappa shape index (κ1) is 16.8. The van der Waals surface area contributed by atoms with Gasteiger partial charge in [-0.05, 0) is 30.5 Å². The lowest BCUT2D eigenvalue weighted by Crippen LogP contribution is -2.14. The van der Waals surface area contributed by atoms with Crippen molar-refractivity contribution in [1.82, 2.24) is 19.7 Å². The van der Waals surface area contributed by atoms with E-state index in [1.54, 1.807) is 30.1 Å². The average Bonchev–Trinajstić information content (AvgIpc) is 3.14. The van der Waals surface area contributed by atoms with Crippen LogP contribution in [0.2, 0.25) is 0 Å². The SMILES string of the molecule is COc1ccc(-c2nc(SC)[nH]c(=O)c2C#N)cc1Cn1cccn1. The summed E-state index contributed by atoms with van der Waals surface area (Å²) < 4.78 is 7.18. The number of hydrogen-bond acceptors (Lipinski definition) is 6. The molecule has 0 radical (unpaired) electrons. The highest BCUT2D eigenvalue weighted by Crippen LogP contribution is 2.28. The van der Waals surface area contributed by atoms with Crippen molar-refractivity contribution in [2.75, 3.05) is 13.4 Å². The van der Waals surface area contributed by atoms with Crippen LogP contribution in [0.4, 0.5) is 0 Å². The van der Waals surface area contributed by atoms with Crippen molar-refractivity contribution in [3.63, 3.8) is 0 Å². The molecule has 7 nitrogen and oxygen atoms in total. The van der Waals surface area contributed by atoms with Crippen LogP contribution in [0.3, 0.4) is 0 Å². The summed E-state index contributed by atoms with van der Waals surface area (Å²) in [4.78, 5) is 19.1. The second-order valence-corrected chi connectivity index (χ2v) is 5.94. The van der Waals surface area contributed by atoms with Gasteiger partial charge in [0.25, 0.3) is 5.56 Å². The van der Waals surface area contributed by atoms with Gasteiger partial charge in [-0.3, -0.25) is 9.48 Å². The number of methoxy groups -OCH3 is 1. The predicted molar refractivity (Wildman–Crippen MR) is 94.7 cm³/mol. The Balaban J connectivity index is 2.14. The fourth-order valence-electron chi connectivity index (χ4n) is 2.48. The molecule has 1 N–H and O–H groups in total. The third-order valence-electron chi connectivity index (χ3n) is 3.65. The number of nitrogens with zero attached hydrogens (tertiary/aromatic N) is 4. The first-order chi connectivity index (χ1) is 12.2. The molecule has 2 heterocycles. The van der Waals surface area contributed by atoms with Crippen LogP contribution >= 0.6 is 11.8 Å². The minimum Gasteiger partial charge on any atom is -0.496 e. The number of aromatic amines is 1. The molecule has 0 spiro atoms. The lowest BCUT2D eigenvalue weighted by molar-refractivity contribution is 0.407. The molecule has 3 aromatic rings. The molecule has 0 unspecified atom stereocenters. The van der Waals surface area contributed by atoms with Crippen LogP contribution in [0.15, 0.2) is 46.6 Å². The first-order valence-corrected chi connectivity index (χ1v) is 8.62. The van der Waals surface area contributed by atoms with Crippen LogP contribution in [0.1, 0.15) is 11.1 Å². The van der Waals surface area contributed by atoms with Gasteiger partial charge in [-0.15, -0.1) is 0 Å². The Morgan fingerprint density at radius 3 is 2.92 bits per heavy atom. The standard InChI is InChI=1S/C17H15N5O2S/c1-24-14-5-4-11(8-12(14)10-22-7-3-6-19-22)15-13(9-18)16(23)21-17(20-15)25-2/h3-8H,10H2,1-2H3,(H,20,21,23). The van der Waals surface area contributed by atoms with Gasteiger partial charge in [0.15, 0.2) is 5.16 Å². The zero-order valence-corrected chi connectivity index (χ0v) is 14.5. The Morgan fingerprint density at radius 1 is 1.44 bits per heavy atom. The van der Waals surface area contributed by atoms with E-state index < -0.39 is 5.56 Å². The van der Waals surface area contributed by atoms with E-state index in [4.69, 9.17) is 4.74 Å². The lowest BCUT2D eigenvalue weighted by Gasteiger charge is -2.12. The Kier molecular flexibility index (Phi) is 4.86. The van der Waals surface area contributed by atoms with Crippen molar-refractivity contribution >= 4 is 11.8 Å². The number of rotatable bonds is 5. The molecule has 0 amide bonds. The zero-order chi connectivity index (χ0) is 17.8. The minimum atomic E-state index is -0.443. The zero-order valence-electron chi connectivity index (χ0n) is 13.7. The molecule has 3 rings (SSSR count). The van der Waals surface area contributed by atoms with Crippen molar-refractivity contribution in [2.45, 2.75) is 11.7 Å². The highest BCUT2D eigenvalue weighted by molar-refractivity contribution is 7.98. The van der Waals surface area contributed by atoms with Crippen LogP contribution < -0.4 is 10.3 Å². The smallest absolute Gasteiger partial charge is 0.270 e. The number of benzene rings is 1. The molecule has 2 aromatic heterocycles. The molecule has 126 valence electrons. The number of thioether (sulfide) groups is 1. The lowest BCUT2D eigenvalue weighted by atomic mass is 10.0. The quantitative estimate of drug-likeness (QED) is 0.558. The molecule has 0 saturated carbocycles. The summed E-state index contributed by atoms with van der Waals surface area (Å²) in [5, 5.41) is 14.0. The molecule has 0 saturated heterocycles. The van der Waals surface area contributed by atoms with Crippen molar-refractivity contribution in [2.24, 2.45) is 0 Å². The summed E-state index contributed by atoms with van der Waals surface area (Å²) >= 11 is 1.31. The second-order valence-electron chi connectivity index (χ2n) is 5.14. The van der Waals surface area contributed by atoms with Gasteiger partial charge < -0.3 is 9.72 Å². The fraction of sp³-hybridized carbons (Fsp3) is 0.176. The van der Waals surface area contributed by atoms with Gasteiger partial charge in [0, 0.05) is 23.5 Å². The van der Waals surface area contributed by atoms with Crippen molar-refractivity contribution in [1.29, 1.82) is 5.26 Å². The number of nitrogens with one attached hydrogen (secondary N) is 1. The third kappa shape index (κ3) is 3.41. The Hall–Kier alpha value is -3.05. The molecule has 0 aliphatic carbocycles. The van der Waals surface area contributed by atoms with E-state index in [9.17, 15) is 10.1 Å². The van der Waals surface area contributed by atoms with Crippen LogP contribution in [-0.4, -0.2) is 33.1 Å². The second kappa shape index (κ2) is 7.23. The fourth-order valence-corrected chi connectivity index (χ4v) is 2.86. The summed E-state index contributed by atoms with van der Waals surface area (Å²) in [5.74, 6) is 0.702. The van der Waals surface area contributed by atoms with E-state index in [0.29, 0.717) is 28.7 Å². The van der Waals surface area contributed by atoms with Crippen molar-refractivity contribution in [3.05, 3.63) is 58.1 Å². The van der Waals surface area contributed by atoms with E-state index in [1.165, 1.54) is 11.8 Å². The third-order valence-corrected chi connectivity index (χ3v) is 4.23. The van der Waals surface area contributed by atoms with Gasteiger partial charge >= 0.3 is 0 Å². The molecule has 0 fully saturated rings. The van der Waals surface area contributed by atoms with Crippen LogP contribution in [-0.2, 0) is 6.54 Å². The maximum atomic E-state index is 12.1. The predicted octanol–water partition coefficient (Wildman–Crippen LogP) is 2.28. The maximum absolute atomic E-state index is 12.1. The molecular weight excluding hydrogens is 338 g/mol. The molecule has 0 bridgehead atoms. The molecule has 0 aliphatic rings. The molecule has 0 atom stereocenters. The molecule has 8 heteroatoms. The monoisotopic (exact) mass is 353 g/mol.